The van der Waals surface area contributed by atoms with Gasteiger partial charge in [-0.3, -0.25) is 9.69 Å². The van der Waals surface area contributed by atoms with Gasteiger partial charge in [-0.05, 0) is 44.9 Å². The number of fused-ring (bicyclic) bond motifs is 1. The first kappa shape index (κ1) is 16.9. The molecule has 2 aliphatic heterocycles. The van der Waals surface area contributed by atoms with Crippen molar-refractivity contribution in [1.82, 2.24) is 29.6 Å². The number of carbonyl (C=O) groups is 1. The summed E-state index contributed by atoms with van der Waals surface area (Å²) < 4.78 is 1.93. The monoisotopic (exact) mass is 369 g/mol. The molecule has 0 N–H and O–H groups in total. The molecule has 27 heavy (non-hydrogen) atoms. The van der Waals surface area contributed by atoms with Gasteiger partial charge in [-0.1, -0.05) is 6.42 Å². The van der Waals surface area contributed by atoms with Gasteiger partial charge in [0, 0.05) is 38.6 Å². The molecule has 4 heterocycles. The molecule has 0 aromatic carbocycles. The fourth-order valence-corrected chi connectivity index (χ4v) is 4.43. The van der Waals surface area contributed by atoms with Crippen LogP contribution in [0.4, 0.5) is 5.82 Å². The quantitative estimate of drug-likeness (QED) is 0.805. The molecule has 3 fully saturated rings. The van der Waals surface area contributed by atoms with Gasteiger partial charge in [-0.15, -0.1) is 15.3 Å². The summed E-state index contributed by atoms with van der Waals surface area (Å²) in [6.07, 6.45) is 5.70. The highest BCUT2D eigenvalue weighted by molar-refractivity contribution is 5.82. The van der Waals surface area contributed by atoms with Crippen LogP contribution in [0.3, 0.4) is 0 Å². The van der Waals surface area contributed by atoms with E-state index in [0.29, 0.717) is 12.0 Å². The highest BCUT2D eigenvalue weighted by Gasteiger charge is 2.39. The van der Waals surface area contributed by atoms with E-state index in [1.807, 2.05) is 28.6 Å². The van der Waals surface area contributed by atoms with Crippen LogP contribution in [0.5, 0.6) is 0 Å². The Morgan fingerprint density at radius 2 is 1.93 bits per heavy atom. The number of nitrogens with zero attached hydrogens (tertiary/aromatic N) is 7. The lowest BCUT2D eigenvalue weighted by molar-refractivity contribution is -0.139. The Kier molecular flexibility index (Phi) is 4.03. The fraction of sp³-hybridized carbons (Fsp3) is 0.684. The van der Waals surface area contributed by atoms with Crippen molar-refractivity contribution in [3.63, 3.8) is 0 Å². The fourth-order valence-electron chi connectivity index (χ4n) is 4.43. The first-order chi connectivity index (χ1) is 13.1. The van der Waals surface area contributed by atoms with Crippen LogP contribution in [0.2, 0.25) is 0 Å². The van der Waals surface area contributed by atoms with Crippen LogP contribution >= 0.6 is 0 Å². The maximum Gasteiger partial charge on any atom is 0.239 e. The number of carbonyl (C=O) groups excluding carboxylic acids is 1. The average Bonchev–Trinajstić information content (AvgIpc) is 2.97. The first-order valence-electron chi connectivity index (χ1n) is 10.1. The smallest absolute Gasteiger partial charge is 0.239 e. The summed E-state index contributed by atoms with van der Waals surface area (Å²) >= 11 is 0. The maximum absolute atomic E-state index is 12.5. The molecule has 2 saturated heterocycles. The summed E-state index contributed by atoms with van der Waals surface area (Å²) in [6.45, 7) is 2.69. The van der Waals surface area contributed by atoms with Gasteiger partial charge >= 0.3 is 0 Å². The maximum atomic E-state index is 12.5. The van der Waals surface area contributed by atoms with E-state index in [1.54, 1.807) is 0 Å². The molecular formula is C19H27N7O. The summed E-state index contributed by atoms with van der Waals surface area (Å²) in [5, 5.41) is 13.4. The standard InChI is InChI=1S/C19H27N7O/c1-23-10-4-7-15(19(23)27)24(2)14-11-25(12-14)17-9-8-16-20-21-18(26(16)22-17)13-5-3-6-13/h8-9,13-15H,3-7,10-12H2,1-2H3. The number of rotatable bonds is 4. The van der Waals surface area contributed by atoms with Crippen LogP contribution in [0.1, 0.15) is 43.8 Å². The molecule has 0 radical (unpaired) electrons. The highest BCUT2D eigenvalue weighted by Crippen LogP contribution is 2.35. The molecule has 1 amide bonds. The van der Waals surface area contributed by atoms with E-state index in [-0.39, 0.29) is 11.9 Å². The van der Waals surface area contributed by atoms with Crippen molar-refractivity contribution in [3.05, 3.63) is 18.0 Å². The van der Waals surface area contributed by atoms with Crippen LogP contribution in [-0.4, -0.2) is 81.3 Å². The van der Waals surface area contributed by atoms with Crippen molar-refractivity contribution < 1.29 is 4.79 Å². The summed E-state index contributed by atoms with van der Waals surface area (Å²) in [5.41, 5.74) is 0.825. The van der Waals surface area contributed by atoms with E-state index in [9.17, 15) is 4.79 Å². The highest BCUT2D eigenvalue weighted by atomic mass is 16.2. The molecule has 0 spiro atoms. The topological polar surface area (TPSA) is 69.9 Å². The van der Waals surface area contributed by atoms with Gasteiger partial charge in [0.05, 0.1) is 6.04 Å². The number of aromatic nitrogens is 4. The Bertz CT molecular complexity index is 855. The lowest BCUT2D eigenvalue weighted by atomic mass is 9.85. The number of piperidine rings is 1. The lowest BCUT2D eigenvalue weighted by Crippen LogP contribution is -2.64. The van der Waals surface area contributed by atoms with E-state index in [4.69, 9.17) is 5.10 Å². The Morgan fingerprint density at radius 1 is 1.11 bits per heavy atom. The van der Waals surface area contributed by atoms with E-state index in [0.717, 1.165) is 49.8 Å². The van der Waals surface area contributed by atoms with E-state index in [2.05, 4.69) is 27.0 Å². The van der Waals surface area contributed by atoms with Crippen LogP contribution in [-0.2, 0) is 4.79 Å². The Labute approximate surface area is 159 Å². The molecule has 8 heteroatoms. The summed E-state index contributed by atoms with van der Waals surface area (Å²) in [5.74, 6) is 2.74. The normalized spacial score (nSPS) is 24.6. The van der Waals surface area contributed by atoms with Crippen molar-refractivity contribution in [2.75, 3.05) is 38.6 Å². The zero-order valence-corrected chi connectivity index (χ0v) is 16.1. The molecule has 1 atom stereocenters. The minimum Gasteiger partial charge on any atom is -0.352 e. The van der Waals surface area contributed by atoms with Crippen molar-refractivity contribution in [2.24, 2.45) is 0 Å². The van der Waals surface area contributed by atoms with Gasteiger partial charge in [0.25, 0.3) is 0 Å². The molecule has 144 valence electrons. The van der Waals surface area contributed by atoms with Crippen molar-refractivity contribution in [3.8, 4) is 0 Å². The lowest BCUT2D eigenvalue weighted by Gasteiger charge is -2.48. The van der Waals surface area contributed by atoms with Crippen LogP contribution in [0, 0.1) is 0 Å². The third kappa shape index (κ3) is 2.77. The van der Waals surface area contributed by atoms with Gasteiger partial charge < -0.3 is 9.80 Å². The van der Waals surface area contributed by atoms with Crippen LogP contribution < -0.4 is 4.90 Å². The van der Waals surface area contributed by atoms with Gasteiger partial charge in [0.1, 0.15) is 5.82 Å². The van der Waals surface area contributed by atoms with E-state index in [1.165, 1.54) is 19.3 Å². The number of likely N-dealkylation sites (tertiary alicyclic amines) is 1. The molecule has 2 aromatic rings. The van der Waals surface area contributed by atoms with Gasteiger partial charge in [0.15, 0.2) is 11.5 Å². The molecule has 3 aliphatic rings. The summed E-state index contributed by atoms with van der Waals surface area (Å²) in [7, 11) is 4.00. The number of likely N-dealkylation sites (N-methyl/N-ethyl adjacent to an activating group) is 2. The van der Waals surface area contributed by atoms with E-state index >= 15 is 0 Å². The first-order valence-corrected chi connectivity index (χ1v) is 10.1. The molecule has 8 nitrogen and oxygen atoms in total. The predicted octanol–water partition coefficient (Wildman–Crippen LogP) is 1.13. The number of hydrogen-bond acceptors (Lipinski definition) is 6. The minimum atomic E-state index is 0.0226. The molecule has 0 bridgehead atoms. The van der Waals surface area contributed by atoms with Crippen molar-refractivity contribution in [1.29, 1.82) is 0 Å². The Morgan fingerprint density at radius 3 is 2.67 bits per heavy atom. The molecule has 1 unspecified atom stereocenters. The zero-order valence-electron chi connectivity index (χ0n) is 16.1. The average molecular weight is 369 g/mol. The van der Waals surface area contributed by atoms with Gasteiger partial charge in [-0.2, -0.15) is 4.52 Å². The largest absolute Gasteiger partial charge is 0.352 e. The number of amides is 1. The van der Waals surface area contributed by atoms with Gasteiger partial charge in [0.2, 0.25) is 5.91 Å². The Balaban J connectivity index is 1.28. The SMILES string of the molecule is CN1CCCC(N(C)C2CN(c3ccc4nnc(C5CCC5)n4n3)C2)C1=O. The van der Waals surface area contributed by atoms with Crippen LogP contribution in [0.15, 0.2) is 12.1 Å². The molecule has 5 rings (SSSR count). The summed E-state index contributed by atoms with van der Waals surface area (Å²) in [4.78, 5) is 18.9. The van der Waals surface area contributed by atoms with Crippen molar-refractivity contribution >= 4 is 17.4 Å². The van der Waals surface area contributed by atoms with Gasteiger partial charge in [-0.25, -0.2) is 0 Å². The zero-order chi connectivity index (χ0) is 18.5. The second-order valence-electron chi connectivity index (χ2n) is 8.29. The molecule has 1 saturated carbocycles. The number of anilines is 1. The third-order valence-corrected chi connectivity index (χ3v) is 6.63. The molecular weight excluding hydrogens is 342 g/mol. The molecule has 1 aliphatic carbocycles. The number of hydrogen-bond donors (Lipinski definition) is 0. The van der Waals surface area contributed by atoms with E-state index < -0.39 is 0 Å². The van der Waals surface area contributed by atoms with Crippen molar-refractivity contribution in [2.45, 2.75) is 50.1 Å². The van der Waals surface area contributed by atoms with Crippen LogP contribution in [0.25, 0.3) is 5.65 Å². The second kappa shape index (κ2) is 6.44. The third-order valence-electron chi connectivity index (χ3n) is 6.63. The minimum absolute atomic E-state index is 0.0226. The Hall–Kier alpha value is -2.22. The summed E-state index contributed by atoms with van der Waals surface area (Å²) in [6, 6.07) is 4.46. The predicted molar refractivity (Wildman–Crippen MR) is 102 cm³/mol. The molecule has 2 aromatic heterocycles. The second-order valence-corrected chi connectivity index (χ2v) is 8.29.